The standard InChI is InChI=1S/C13H14N2O3/c1-2-18-13(17)12(16)10-4-3-5-11(8-10)15-7-6-14-9-15/h3-5,8-9H,2,6-7H2,1H3. The number of hydrogen-bond donors (Lipinski definition) is 0. The number of hydrogen-bond acceptors (Lipinski definition) is 5. The molecule has 0 amide bonds. The van der Waals surface area contributed by atoms with E-state index < -0.39 is 11.8 Å². The molecule has 0 radical (unpaired) electrons. The van der Waals surface area contributed by atoms with Gasteiger partial charge in [-0.2, -0.15) is 0 Å². The normalized spacial score (nSPS) is 13.7. The number of esters is 1. The number of anilines is 1. The molecule has 0 fully saturated rings. The number of ketones is 1. The van der Waals surface area contributed by atoms with Crippen molar-refractivity contribution in [3.05, 3.63) is 29.8 Å². The fourth-order valence-electron chi connectivity index (χ4n) is 1.72. The monoisotopic (exact) mass is 246 g/mol. The number of benzene rings is 1. The molecule has 1 aliphatic rings. The number of aliphatic imine (C=N–C) groups is 1. The van der Waals surface area contributed by atoms with Crippen LogP contribution in [0.25, 0.3) is 0 Å². The van der Waals surface area contributed by atoms with Crippen molar-refractivity contribution in [3.8, 4) is 0 Å². The fourth-order valence-corrected chi connectivity index (χ4v) is 1.72. The summed E-state index contributed by atoms with van der Waals surface area (Å²) < 4.78 is 4.70. The summed E-state index contributed by atoms with van der Waals surface area (Å²) in [6.07, 6.45) is 1.73. The molecule has 1 aliphatic heterocycles. The lowest BCUT2D eigenvalue weighted by molar-refractivity contribution is -0.137. The minimum Gasteiger partial charge on any atom is -0.460 e. The summed E-state index contributed by atoms with van der Waals surface area (Å²) in [6.45, 7) is 3.40. The summed E-state index contributed by atoms with van der Waals surface area (Å²) in [5.41, 5.74) is 1.19. The summed E-state index contributed by atoms with van der Waals surface area (Å²) >= 11 is 0. The van der Waals surface area contributed by atoms with Crippen LogP contribution in [0.15, 0.2) is 29.3 Å². The van der Waals surface area contributed by atoms with Gasteiger partial charge in [-0.3, -0.25) is 9.79 Å². The van der Waals surface area contributed by atoms with E-state index in [1.165, 1.54) is 0 Å². The summed E-state index contributed by atoms with van der Waals surface area (Å²) in [5.74, 6) is -1.43. The molecule has 0 saturated heterocycles. The molecule has 5 heteroatoms. The number of nitrogens with zero attached hydrogens (tertiary/aromatic N) is 2. The second kappa shape index (κ2) is 5.44. The minimum absolute atomic E-state index is 0.197. The first-order valence-corrected chi connectivity index (χ1v) is 5.80. The SMILES string of the molecule is CCOC(=O)C(=O)c1cccc(N2C=NCC2)c1. The van der Waals surface area contributed by atoms with E-state index in [9.17, 15) is 9.59 Å². The van der Waals surface area contributed by atoms with E-state index >= 15 is 0 Å². The number of carbonyl (C=O) groups is 2. The molecule has 18 heavy (non-hydrogen) atoms. The van der Waals surface area contributed by atoms with Gasteiger partial charge >= 0.3 is 5.97 Å². The fraction of sp³-hybridized carbons (Fsp3) is 0.308. The third kappa shape index (κ3) is 2.56. The van der Waals surface area contributed by atoms with Gasteiger partial charge in [0.15, 0.2) is 0 Å². The molecule has 5 nitrogen and oxygen atoms in total. The molecule has 2 rings (SSSR count). The minimum atomic E-state index is -0.815. The molecular formula is C13H14N2O3. The highest BCUT2D eigenvalue weighted by atomic mass is 16.5. The third-order valence-corrected chi connectivity index (χ3v) is 2.59. The molecule has 0 saturated carbocycles. The van der Waals surface area contributed by atoms with Gasteiger partial charge in [-0.25, -0.2) is 4.79 Å². The second-order valence-corrected chi connectivity index (χ2v) is 3.81. The van der Waals surface area contributed by atoms with Crippen molar-refractivity contribution in [3.63, 3.8) is 0 Å². The maximum atomic E-state index is 11.8. The van der Waals surface area contributed by atoms with E-state index in [4.69, 9.17) is 4.74 Å². The van der Waals surface area contributed by atoms with Crippen LogP contribution in [0.1, 0.15) is 17.3 Å². The largest absolute Gasteiger partial charge is 0.460 e. The Bertz CT molecular complexity index is 497. The van der Waals surface area contributed by atoms with E-state index in [1.807, 2.05) is 11.0 Å². The molecule has 1 heterocycles. The first-order valence-electron chi connectivity index (χ1n) is 5.80. The van der Waals surface area contributed by atoms with E-state index in [-0.39, 0.29) is 6.61 Å². The zero-order valence-corrected chi connectivity index (χ0v) is 10.1. The Morgan fingerprint density at radius 2 is 2.28 bits per heavy atom. The molecule has 0 aliphatic carbocycles. The topological polar surface area (TPSA) is 59.0 Å². The second-order valence-electron chi connectivity index (χ2n) is 3.81. The highest BCUT2D eigenvalue weighted by Crippen LogP contribution is 2.17. The van der Waals surface area contributed by atoms with Crippen molar-refractivity contribution >= 4 is 23.8 Å². The molecule has 94 valence electrons. The number of ether oxygens (including phenoxy) is 1. The van der Waals surface area contributed by atoms with Gasteiger partial charge in [0.25, 0.3) is 5.78 Å². The van der Waals surface area contributed by atoms with Gasteiger partial charge in [0.2, 0.25) is 0 Å². The van der Waals surface area contributed by atoms with E-state index in [1.54, 1.807) is 31.5 Å². The van der Waals surface area contributed by atoms with Crippen LogP contribution in [0.2, 0.25) is 0 Å². The molecule has 0 bridgehead atoms. The highest BCUT2D eigenvalue weighted by molar-refractivity contribution is 6.40. The molecule has 0 unspecified atom stereocenters. The Hall–Kier alpha value is -2.17. The van der Waals surface area contributed by atoms with Crippen LogP contribution in [0, 0.1) is 0 Å². The Morgan fingerprint density at radius 3 is 2.94 bits per heavy atom. The van der Waals surface area contributed by atoms with Gasteiger partial charge in [0.05, 0.1) is 19.5 Å². The van der Waals surface area contributed by atoms with Gasteiger partial charge in [-0.05, 0) is 19.1 Å². The highest BCUT2D eigenvalue weighted by Gasteiger charge is 2.18. The lowest BCUT2D eigenvalue weighted by Gasteiger charge is -2.14. The smallest absolute Gasteiger partial charge is 0.379 e. The average molecular weight is 246 g/mol. The van der Waals surface area contributed by atoms with Crippen molar-refractivity contribution in [2.24, 2.45) is 4.99 Å². The summed E-state index contributed by atoms with van der Waals surface area (Å²) in [5, 5.41) is 0. The van der Waals surface area contributed by atoms with Crippen LogP contribution in [0.3, 0.4) is 0 Å². The maximum Gasteiger partial charge on any atom is 0.379 e. The number of carbonyl (C=O) groups excluding carboxylic acids is 2. The lowest BCUT2D eigenvalue weighted by atomic mass is 10.1. The molecule has 0 atom stereocenters. The van der Waals surface area contributed by atoms with Gasteiger partial charge in [0, 0.05) is 17.8 Å². The molecule has 0 aromatic heterocycles. The summed E-state index contributed by atoms with van der Waals surface area (Å²) in [6, 6.07) is 6.90. The Kier molecular flexibility index (Phi) is 3.72. The zero-order chi connectivity index (χ0) is 13.0. The molecule has 0 N–H and O–H groups in total. The number of rotatable bonds is 4. The summed E-state index contributed by atoms with van der Waals surface area (Å²) in [7, 11) is 0. The molecule has 1 aromatic rings. The molecule has 1 aromatic carbocycles. The van der Waals surface area contributed by atoms with Crippen molar-refractivity contribution in [2.45, 2.75) is 6.92 Å². The maximum absolute atomic E-state index is 11.8. The van der Waals surface area contributed by atoms with Gasteiger partial charge < -0.3 is 9.64 Å². The predicted octanol–water partition coefficient (Wildman–Crippen LogP) is 1.28. The van der Waals surface area contributed by atoms with Gasteiger partial charge in [-0.15, -0.1) is 0 Å². The van der Waals surface area contributed by atoms with Crippen molar-refractivity contribution in [2.75, 3.05) is 24.6 Å². The van der Waals surface area contributed by atoms with Crippen LogP contribution < -0.4 is 4.90 Å². The average Bonchev–Trinajstić information content (AvgIpc) is 2.92. The summed E-state index contributed by atoms with van der Waals surface area (Å²) in [4.78, 5) is 29.2. The quantitative estimate of drug-likeness (QED) is 0.456. The van der Waals surface area contributed by atoms with Gasteiger partial charge in [-0.1, -0.05) is 12.1 Å². The third-order valence-electron chi connectivity index (χ3n) is 2.59. The Balaban J connectivity index is 2.19. The first-order chi connectivity index (χ1) is 8.72. The van der Waals surface area contributed by atoms with Crippen LogP contribution in [-0.4, -0.2) is 37.8 Å². The van der Waals surface area contributed by atoms with Crippen molar-refractivity contribution < 1.29 is 14.3 Å². The Morgan fingerprint density at radius 1 is 1.44 bits per heavy atom. The number of Topliss-reactive ketones (excluding diaryl/α,β-unsaturated/α-hetero) is 1. The molecule has 0 spiro atoms. The molecular weight excluding hydrogens is 232 g/mol. The van der Waals surface area contributed by atoms with Crippen molar-refractivity contribution in [1.29, 1.82) is 0 Å². The zero-order valence-electron chi connectivity index (χ0n) is 10.1. The predicted molar refractivity (Wildman–Crippen MR) is 68.1 cm³/mol. The lowest BCUT2D eigenvalue weighted by Crippen LogP contribution is -2.20. The van der Waals surface area contributed by atoms with E-state index in [0.717, 1.165) is 18.8 Å². The van der Waals surface area contributed by atoms with Crippen LogP contribution >= 0.6 is 0 Å². The Labute approximate surface area is 105 Å². The van der Waals surface area contributed by atoms with E-state index in [2.05, 4.69) is 4.99 Å². The first kappa shape index (κ1) is 12.3. The van der Waals surface area contributed by atoms with E-state index in [0.29, 0.717) is 5.56 Å². The van der Waals surface area contributed by atoms with Crippen LogP contribution in [-0.2, 0) is 9.53 Å². The van der Waals surface area contributed by atoms with Crippen LogP contribution in [0.5, 0.6) is 0 Å². The van der Waals surface area contributed by atoms with Gasteiger partial charge in [0.1, 0.15) is 0 Å². The van der Waals surface area contributed by atoms with Crippen molar-refractivity contribution in [1.82, 2.24) is 0 Å². The van der Waals surface area contributed by atoms with Crippen LogP contribution in [0.4, 0.5) is 5.69 Å².